The van der Waals surface area contributed by atoms with Crippen molar-refractivity contribution in [3.63, 3.8) is 0 Å². The van der Waals surface area contributed by atoms with Gasteiger partial charge in [0, 0.05) is 17.8 Å². The van der Waals surface area contributed by atoms with Crippen molar-refractivity contribution in [3.8, 4) is 0 Å². The number of aliphatic carboxylic acids is 1. The molecule has 0 aliphatic heterocycles. The molecule has 0 bridgehead atoms. The molecule has 2 rings (SSSR count). The maximum atomic E-state index is 13.2. The molecule has 0 radical (unpaired) electrons. The molecule has 0 unspecified atom stereocenters. The first-order valence-corrected chi connectivity index (χ1v) is 7.73. The number of anilines is 1. The second-order valence-corrected chi connectivity index (χ2v) is 5.94. The maximum absolute atomic E-state index is 13.2. The fraction of sp³-hybridized carbons (Fsp3) is 0.267. The lowest BCUT2D eigenvalue weighted by molar-refractivity contribution is -0.136. The van der Waals surface area contributed by atoms with E-state index < -0.39 is 12.0 Å². The Balaban J connectivity index is 1.95. The summed E-state index contributed by atoms with van der Waals surface area (Å²) >= 11 is 1.31. The highest BCUT2D eigenvalue weighted by Gasteiger charge is 2.11. The van der Waals surface area contributed by atoms with Gasteiger partial charge in [0.2, 0.25) is 0 Å². The van der Waals surface area contributed by atoms with Crippen LogP contribution in [0.1, 0.15) is 22.6 Å². The van der Waals surface area contributed by atoms with Crippen molar-refractivity contribution < 1.29 is 19.1 Å². The van der Waals surface area contributed by atoms with Gasteiger partial charge in [0.25, 0.3) is 0 Å². The number of benzene rings is 1. The molecule has 122 valence electrons. The van der Waals surface area contributed by atoms with Crippen LogP contribution >= 0.6 is 11.3 Å². The molecule has 23 heavy (non-hydrogen) atoms. The molecule has 2 aromatic rings. The highest BCUT2D eigenvalue weighted by Crippen LogP contribution is 2.25. The van der Waals surface area contributed by atoms with Crippen LogP contribution in [0.25, 0.3) is 0 Å². The number of hydrogen-bond acceptors (Lipinski definition) is 4. The maximum Gasteiger partial charge on any atom is 0.321 e. The number of nitrogens with zero attached hydrogens (tertiary/aromatic N) is 1. The Labute approximate surface area is 136 Å². The third-order valence-corrected chi connectivity index (χ3v) is 4.06. The lowest BCUT2D eigenvalue weighted by atomic mass is 10.1. The van der Waals surface area contributed by atoms with Gasteiger partial charge in [-0.25, -0.2) is 14.2 Å². The minimum absolute atomic E-state index is 0.0433. The number of nitrogens with one attached hydrogen (secondary N) is 2. The van der Waals surface area contributed by atoms with Gasteiger partial charge in [0.05, 0.1) is 12.1 Å². The Hall–Kier alpha value is -2.48. The van der Waals surface area contributed by atoms with Crippen LogP contribution < -0.4 is 10.6 Å². The Morgan fingerprint density at radius 3 is 2.87 bits per heavy atom. The summed E-state index contributed by atoms with van der Waals surface area (Å²) in [5, 5.41) is 13.9. The van der Waals surface area contributed by atoms with Gasteiger partial charge in [-0.1, -0.05) is 12.1 Å². The molecule has 1 heterocycles. The smallest absolute Gasteiger partial charge is 0.321 e. The zero-order valence-electron chi connectivity index (χ0n) is 12.4. The molecule has 1 aromatic carbocycles. The minimum Gasteiger partial charge on any atom is -0.481 e. The minimum atomic E-state index is -0.979. The van der Waals surface area contributed by atoms with Crippen molar-refractivity contribution in [2.24, 2.45) is 0 Å². The van der Waals surface area contributed by atoms with Crippen molar-refractivity contribution >= 4 is 28.5 Å². The van der Waals surface area contributed by atoms with Crippen LogP contribution in [0.4, 0.5) is 14.3 Å². The van der Waals surface area contributed by atoms with Gasteiger partial charge in [0.15, 0.2) is 5.13 Å². The molecule has 6 nitrogen and oxygen atoms in total. The standard InChI is InChI=1S/C15H16FN3O3S/c1-9-12(8-10-3-2-4-11(16)7-10)23-15(18-9)19-14(22)17-6-5-13(20)21/h2-4,7H,5-6,8H2,1H3,(H,20,21)(H2,17,18,19,22). The topological polar surface area (TPSA) is 91.3 Å². The van der Waals surface area contributed by atoms with E-state index in [1.54, 1.807) is 6.07 Å². The van der Waals surface area contributed by atoms with Crippen molar-refractivity contribution in [3.05, 3.63) is 46.2 Å². The first-order valence-electron chi connectivity index (χ1n) is 6.91. The van der Waals surface area contributed by atoms with Crippen molar-refractivity contribution in [1.29, 1.82) is 0 Å². The number of urea groups is 1. The number of hydrogen-bond donors (Lipinski definition) is 3. The summed E-state index contributed by atoms with van der Waals surface area (Å²) < 4.78 is 13.2. The number of halogens is 1. The monoisotopic (exact) mass is 337 g/mol. The van der Waals surface area contributed by atoms with Crippen LogP contribution in [0.15, 0.2) is 24.3 Å². The summed E-state index contributed by atoms with van der Waals surface area (Å²) in [6.07, 6.45) is 0.388. The second kappa shape index (κ2) is 7.68. The lowest BCUT2D eigenvalue weighted by Crippen LogP contribution is -2.30. The number of rotatable bonds is 6. The molecule has 0 spiro atoms. The normalized spacial score (nSPS) is 10.3. The number of carbonyl (C=O) groups is 2. The Kier molecular flexibility index (Phi) is 5.64. The summed E-state index contributed by atoms with van der Waals surface area (Å²) in [6.45, 7) is 1.86. The third-order valence-electron chi connectivity index (χ3n) is 2.99. The van der Waals surface area contributed by atoms with Gasteiger partial charge in [-0.05, 0) is 24.6 Å². The fourth-order valence-corrected chi connectivity index (χ4v) is 2.89. The first kappa shape index (κ1) is 16.9. The molecule has 0 atom stereocenters. The summed E-state index contributed by atoms with van der Waals surface area (Å²) in [6, 6.07) is 5.82. The van der Waals surface area contributed by atoms with Crippen molar-refractivity contribution in [1.82, 2.24) is 10.3 Å². The summed E-state index contributed by atoms with van der Waals surface area (Å²) in [7, 11) is 0. The van der Waals surface area contributed by atoms with Gasteiger partial charge in [0.1, 0.15) is 5.82 Å². The van der Waals surface area contributed by atoms with Gasteiger partial charge in [-0.2, -0.15) is 0 Å². The summed E-state index contributed by atoms with van der Waals surface area (Å²) in [5.41, 5.74) is 1.59. The molecular formula is C15H16FN3O3S. The molecular weight excluding hydrogens is 321 g/mol. The molecule has 0 aliphatic carbocycles. The molecule has 8 heteroatoms. The summed E-state index contributed by atoms with van der Waals surface area (Å²) in [4.78, 5) is 27.2. The second-order valence-electron chi connectivity index (χ2n) is 4.86. The van der Waals surface area contributed by atoms with E-state index in [1.165, 1.54) is 23.5 Å². The van der Waals surface area contributed by atoms with Crippen molar-refractivity contribution in [2.75, 3.05) is 11.9 Å². The summed E-state index contributed by atoms with van der Waals surface area (Å²) in [5.74, 6) is -1.27. The number of carbonyl (C=O) groups excluding carboxylic acids is 1. The van der Waals surface area contributed by atoms with Gasteiger partial charge in [-0.15, -0.1) is 11.3 Å². The van der Waals surface area contributed by atoms with E-state index in [0.717, 1.165) is 16.1 Å². The zero-order chi connectivity index (χ0) is 16.8. The average molecular weight is 337 g/mol. The molecule has 0 saturated carbocycles. The quantitative estimate of drug-likeness (QED) is 0.756. The van der Waals surface area contributed by atoms with Crippen molar-refractivity contribution in [2.45, 2.75) is 19.8 Å². The van der Waals surface area contributed by atoms with Gasteiger partial charge >= 0.3 is 12.0 Å². The number of aryl methyl sites for hydroxylation is 1. The largest absolute Gasteiger partial charge is 0.481 e. The van der Waals surface area contributed by atoms with Gasteiger partial charge in [-0.3, -0.25) is 10.1 Å². The first-order chi connectivity index (χ1) is 10.9. The zero-order valence-corrected chi connectivity index (χ0v) is 13.2. The Morgan fingerprint density at radius 2 is 2.17 bits per heavy atom. The van der Waals surface area contributed by atoms with E-state index >= 15 is 0 Å². The molecule has 0 aliphatic rings. The van der Waals surface area contributed by atoms with Crippen LogP contribution in [0.5, 0.6) is 0 Å². The lowest BCUT2D eigenvalue weighted by Gasteiger charge is -2.03. The van der Waals surface area contributed by atoms with Crippen LogP contribution in [0.3, 0.4) is 0 Å². The number of carboxylic acid groups (broad SMARTS) is 1. The third kappa shape index (κ3) is 5.33. The van der Waals surface area contributed by atoms with E-state index in [-0.39, 0.29) is 18.8 Å². The number of carboxylic acids is 1. The van der Waals surface area contributed by atoms with E-state index in [1.807, 2.05) is 13.0 Å². The van der Waals surface area contributed by atoms with Crippen LogP contribution in [-0.4, -0.2) is 28.6 Å². The number of thiazole rings is 1. The molecule has 0 fully saturated rings. The molecule has 3 N–H and O–H groups in total. The average Bonchev–Trinajstić information content (AvgIpc) is 2.78. The highest BCUT2D eigenvalue weighted by molar-refractivity contribution is 7.15. The van der Waals surface area contributed by atoms with E-state index in [9.17, 15) is 14.0 Å². The SMILES string of the molecule is Cc1nc(NC(=O)NCCC(=O)O)sc1Cc1cccc(F)c1. The van der Waals surface area contributed by atoms with Crippen LogP contribution in [0, 0.1) is 12.7 Å². The Bertz CT molecular complexity index is 718. The van der Waals surface area contributed by atoms with Crippen LogP contribution in [-0.2, 0) is 11.2 Å². The predicted molar refractivity (Wildman–Crippen MR) is 85.3 cm³/mol. The van der Waals surface area contributed by atoms with E-state index in [0.29, 0.717) is 11.6 Å². The van der Waals surface area contributed by atoms with E-state index in [2.05, 4.69) is 15.6 Å². The van der Waals surface area contributed by atoms with Gasteiger partial charge < -0.3 is 10.4 Å². The molecule has 1 aromatic heterocycles. The highest BCUT2D eigenvalue weighted by atomic mass is 32.1. The fourth-order valence-electron chi connectivity index (χ4n) is 1.90. The van der Waals surface area contributed by atoms with Crippen LogP contribution in [0.2, 0.25) is 0 Å². The van der Waals surface area contributed by atoms with E-state index in [4.69, 9.17) is 5.11 Å². The predicted octanol–water partition coefficient (Wildman–Crippen LogP) is 2.78. The Morgan fingerprint density at radius 1 is 1.39 bits per heavy atom. The number of amides is 2. The molecule has 0 saturated heterocycles. The number of aromatic nitrogens is 1. The molecule has 2 amide bonds.